The number of carbonyl (C=O) groups excluding carboxylic acids is 2. The summed E-state index contributed by atoms with van der Waals surface area (Å²) in [7, 11) is 1.22. The molecule has 1 fully saturated rings. The van der Waals surface area contributed by atoms with Gasteiger partial charge in [0.25, 0.3) is 5.91 Å². The Bertz CT molecular complexity index is 910. The highest BCUT2D eigenvalue weighted by atomic mass is 19.2. The van der Waals surface area contributed by atoms with E-state index in [9.17, 15) is 18.4 Å². The number of aryl methyl sites for hydroxylation is 2. The zero-order chi connectivity index (χ0) is 20.4. The maximum absolute atomic E-state index is 14.2. The van der Waals surface area contributed by atoms with E-state index in [1.165, 1.54) is 24.1 Å². The Morgan fingerprint density at radius 2 is 1.75 bits per heavy atom. The van der Waals surface area contributed by atoms with E-state index in [1.54, 1.807) is 4.90 Å². The zero-order valence-corrected chi connectivity index (χ0v) is 16.1. The van der Waals surface area contributed by atoms with Crippen molar-refractivity contribution in [3.05, 3.63) is 64.2 Å². The third-order valence-electron chi connectivity index (χ3n) is 4.76. The molecule has 2 aromatic carbocycles. The number of carbonyl (C=O) groups is 2. The lowest BCUT2D eigenvalue weighted by Crippen LogP contribution is -2.52. The van der Waals surface area contributed by atoms with Crippen molar-refractivity contribution >= 4 is 11.8 Å². The Kier molecular flexibility index (Phi) is 5.63. The van der Waals surface area contributed by atoms with E-state index in [2.05, 4.69) is 6.07 Å². The van der Waals surface area contributed by atoms with Gasteiger partial charge in [-0.15, -0.1) is 0 Å². The van der Waals surface area contributed by atoms with Crippen LogP contribution < -0.4 is 4.74 Å². The van der Waals surface area contributed by atoms with Crippen molar-refractivity contribution in [2.45, 2.75) is 20.4 Å². The summed E-state index contributed by atoms with van der Waals surface area (Å²) in [5.74, 6) is -3.70. The number of hydrogen-bond acceptors (Lipinski definition) is 3. The summed E-state index contributed by atoms with van der Waals surface area (Å²) < 4.78 is 32.8. The van der Waals surface area contributed by atoms with Crippen LogP contribution in [0.1, 0.15) is 27.0 Å². The van der Waals surface area contributed by atoms with Crippen LogP contribution >= 0.6 is 0 Å². The largest absolute Gasteiger partial charge is 0.494 e. The average Bonchev–Trinajstić information content (AvgIpc) is 2.64. The maximum Gasteiger partial charge on any atom is 0.257 e. The van der Waals surface area contributed by atoms with E-state index >= 15 is 0 Å². The summed E-state index contributed by atoms with van der Waals surface area (Å²) in [6.07, 6.45) is 0. The number of amides is 2. The summed E-state index contributed by atoms with van der Waals surface area (Å²) in [5, 5.41) is 0. The fourth-order valence-electron chi connectivity index (χ4n) is 3.45. The van der Waals surface area contributed by atoms with Crippen LogP contribution in [-0.2, 0) is 11.3 Å². The second-order valence-corrected chi connectivity index (χ2v) is 6.98. The first-order valence-corrected chi connectivity index (χ1v) is 8.96. The molecule has 0 aliphatic carbocycles. The van der Waals surface area contributed by atoms with Crippen molar-refractivity contribution in [2.75, 3.05) is 26.7 Å². The first-order chi connectivity index (χ1) is 13.3. The molecule has 28 heavy (non-hydrogen) atoms. The van der Waals surface area contributed by atoms with Gasteiger partial charge in [-0.05, 0) is 31.5 Å². The lowest BCUT2D eigenvalue weighted by Gasteiger charge is -2.34. The summed E-state index contributed by atoms with van der Waals surface area (Å²) in [5.41, 5.74) is 2.85. The molecule has 148 valence electrons. The van der Waals surface area contributed by atoms with Gasteiger partial charge in [-0.2, -0.15) is 4.39 Å². The van der Waals surface area contributed by atoms with Crippen molar-refractivity contribution < 1.29 is 23.1 Å². The van der Waals surface area contributed by atoms with Gasteiger partial charge in [0, 0.05) is 19.6 Å². The van der Waals surface area contributed by atoms with Gasteiger partial charge in [0.15, 0.2) is 11.6 Å². The molecule has 7 heteroatoms. The van der Waals surface area contributed by atoms with E-state index in [0.717, 1.165) is 16.7 Å². The highest BCUT2D eigenvalue weighted by molar-refractivity contribution is 5.97. The van der Waals surface area contributed by atoms with E-state index in [-0.39, 0.29) is 24.7 Å². The van der Waals surface area contributed by atoms with Crippen molar-refractivity contribution in [3.8, 4) is 5.75 Å². The molecule has 0 N–H and O–H groups in total. The molecule has 1 aliphatic heterocycles. The maximum atomic E-state index is 14.2. The SMILES string of the molecule is COc1ccc(C(=O)N2CCN(Cc3cc(C)cc(C)c3)C(=O)C2)c(F)c1F. The summed E-state index contributed by atoms with van der Waals surface area (Å²) in [6.45, 7) is 4.86. The zero-order valence-electron chi connectivity index (χ0n) is 16.1. The standard InChI is InChI=1S/C21H22F2N2O3/c1-13-8-14(2)10-15(9-13)11-24-6-7-25(12-18(24)26)21(27)16-4-5-17(28-3)20(23)19(16)22/h4-5,8-10H,6-7,11-12H2,1-3H3. The highest BCUT2D eigenvalue weighted by Crippen LogP contribution is 2.24. The number of ether oxygens (including phenoxy) is 1. The Labute approximate surface area is 162 Å². The predicted molar refractivity (Wildman–Crippen MR) is 100 cm³/mol. The molecular formula is C21H22F2N2O3. The minimum Gasteiger partial charge on any atom is -0.494 e. The number of benzene rings is 2. The van der Waals surface area contributed by atoms with Gasteiger partial charge >= 0.3 is 0 Å². The molecule has 1 saturated heterocycles. The second-order valence-electron chi connectivity index (χ2n) is 6.98. The van der Waals surface area contributed by atoms with E-state index in [4.69, 9.17) is 4.74 Å². The first-order valence-electron chi connectivity index (χ1n) is 8.96. The van der Waals surface area contributed by atoms with Crippen molar-refractivity contribution in [1.29, 1.82) is 0 Å². The monoisotopic (exact) mass is 388 g/mol. The molecule has 0 bridgehead atoms. The van der Waals surface area contributed by atoms with Gasteiger partial charge in [-0.25, -0.2) is 4.39 Å². The number of piperazine rings is 1. The number of halogens is 2. The normalized spacial score (nSPS) is 14.4. The smallest absolute Gasteiger partial charge is 0.257 e. The van der Waals surface area contributed by atoms with E-state index in [0.29, 0.717) is 13.1 Å². The van der Waals surface area contributed by atoms with Crippen molar-refractivity contribution in [1.82, 2.24) is 9.80 Å². The molecule has 0 spiro atoms. The van der Waals surface area contributed by atoms with Crippen LogP contribution in [0.5, 0.6) is 5.75 Å². The van der Waals surface area contributed by atoms with E-state index < -0.39 is 23.1 Å². The van der Waals surface area contributed by atoms with Gasteiger partial charge < -0.3 is 14.5 Å². The van der Waals surface area contributed by atoms with Crippen molar-refractivity contribution in [2.24, 2.45) is 0 Å². The Hall–Kier alpha value is -2.96. The third-order valence-corrected chi connectivity index (χ3v) is 4.76. The van der Waals surface area contributed by atoms with Crippen molar-refractivity contribution in [3.63, 3.8) is 0 Å². The molecule has 0 atom stereocenters. The van der Waals surface area contributed by atoms with Gasteiger partial charge in [-0.1, -0.05) is 29.3 Å². The van der Waals surface area contributed by atoms with Crippen LogP contribution in [0.15, 0.2) is 30.3 Å². The Morgan fingerprint density at radius 3 is 2.36 bits per heavy atom. The van der Waals surface area contributed by atoms with Crippen LogP contribution in [0.2, 0.25) is 0 Å². The first kappa shape index (κ1) is 19.8. The molecule has 2 amide bonds. The quantitative estimate of drug-likeness (QED) is 0.809. The number of hydrogen-bond donors (Lipinski definition) is 0. The number of nitrogens with zero attached hydrogens (tertiary/aromatic N) is 2. The third kappa shape index (κ3) is 3.98. The van der Waals surface area contributed by atoms with Gasteiger partial charge in [-0.3, -0.25) is 9.59 Å². The topological polar surface area (TPSA) is 49.9 Å². The lowest BCUT2D eigenvalue weighted by atomic mass is 10.1. The number of rotatable bonds is 4. The molecule has 0 saturated carbocycles. The molecule has 3 rings (SSSR count). The molecule has 5 nitrogen and oxygen atoms in total. The molecule has 0 aromatic heterocycles. The fraction of sp³-hybridized carbons (Fsp3) is 0.333. The van der Waals surface area contributed by atoms with Crippen LogP contribution in [0.25, 0.3) is 0 Å². The van der Waals surface area contributed by atoms with Crippen LogP contribution in [0.3, 0.4) is 0 Å². The molecule has 1 heterocycles. The van der Waals surface area contributed by atoms with Gasteiger partial charge in [0.2, 0.25) is 11.7 Å². The van der Waals surface area contributed by atoms with Gasteiger partial charge in [0.1, 0.15) is 6.54 Å². The molecule has 1 aliphatic rings. The summed E-state index contributed by atoms with van der Waals surface area (Å²) in [4.78, 5) is 28.0. The van der Waals surface area contributed by atoms with Crippen LogP contribution in [0, 0.1) is 25.5 Å². The Balaban J connectivity index is 1.70. The lowest BCUT2D eigenvalue weighted by molar-refractivity contribution is -0.135. The summed E-state index contributed by atoms with van der Waals surface area (Å²) >= 11 is 0. The van der Waals surface area contributed by atoms with Gasteiger partial charge in [0.05, 0.1) is 12.7 Å². The minimum atomic E-state index is -1.27. The number of methoxy groups -OCH3 is 1. The second kappa shape index (κ2) is 7.96. The molecule has 2 aromatic rings. The molecule has 0 radical (unpaired) electrons. The highest BCUT2D eigenvalue weighted by Gasteiger charge is 2.30. The van der Waals surface area contributed by atoms with Crippen LogP contribution in [-0.4, -0.2) is 48.4 Å². The average molecular weight is 388 g/mol. The summed E-state index contributed by atoms with van der Waals surface area (Å²) in [6, 6.07) is 8.47. The van der Waals surface area contributed by atoms with Crippen LogP contribution in [0.4, 0.5) is 8.78 Å². The molecule has 0 unspecified atom stereocenters. The Morgan fingerprint density at radius 1 is 1.07 bits per heavy atom. The van der Waals surface area contributed by atoms with E-state index in [1.807, 2.05) is 26.0 Å². The molecular weight excluding hydrogens is 366 g/mol. The minimum absolute atomic E-state index is 0.170. The fourth-order valence-corrected chi connectivity index (χ4v) is 3.45. The predicted octanol–water partition coefficient (Wildman–Crippen LogP) is 3.07.